The molecule has 6 heteroatoms. The van der Waals surface area contributed by atoms with Gasteiger partial charge in [-0.1, -0.05) is 6.07 Å². The molecule has 1 heterocycles. The molecule has 0 aliphatic rings. The lowest BCUT2D eigenvalue weighted by molar-refractivity contribution is -0.146. The zero-order chi connectivity index (χ0) is 12.7. The van der Waals surface area contributed by atoms with Gasteiger partial charge in [0.25, 0.3) is 0 Å². The Morgan fingerprint density at radius 2 is 2.18 bits per heavy atom. The normalized spacial score (nSPS) is 11.5. The Balaban J connectivity index is 2.41. The number of ether oxygens (including phenoxy) is 1. The van der Waals surface area contributed by atoms with Gasteiger partial charge in [0.05, 0.1) is 19.6 Å². The molecule has 96 valence electrons. The van der Waals surface area contributed by atoms with E-state index in [1.807, 2.05) is 6.92 Å². The van der Waals surface area contributed by atoms with Crippen molar-refractivity contribution in [3.05, 3.63) is 23.9 Å². The molecule has 0 saturated carbocycles. The average molecular weight is 248 g/mol. The predicted molar refractivity (Wildman–Crippen MR) is 58.7 cm³/mol. The number of alkyl halides is 3. The monoisotopic (exact) mass is 248 g/mol. The van der Waals surface area contributed by atoms with Gasteiger partial charge in [-0.25, -0.2) is 4.98 Å². The highest BCUT2D eigenvalue weighted by Gasteiger charge is 2.26. The van der Waals surface area contributed by atoms with Crippen LogP contribution in [-0.4, -0.2) is 24.3 Å². The van der Waals surface area contributed by atoms with Crippen molar-refractivity contribution in [2.75, 3.05) is 18.5 Å². The molecule has 17 heavy (non-hydrogen) atoms. The highest BCUT2D eigenvalue weighted by Crippen LogP contribution is 2.20. The van der Waals surface area contributed by atoms with E-state index in [1.165, 1.54) is 0 Å². The molecule has 1 aromatic heterocycles. The van der Waals surface area contributed by atoms with Crippen LogP contribution < -0.4 is 5.32 Å². The molecular weight excluding hydrogens is 233 g/mol. The van der Waals surface area contributed by atoms with Crippen molar-refractivity contribution in [3.8, 4) is 0 Å². The van der Waals surface area contributed by atoms with E-state index in [-0.39, 0.29) is 13.2 Å². The van der Waals surface area contributed by atoms with Crippen molar-refractivity contribution in [2.24, 2.45) is 0 Å². The Bertz CT molecular complexity index is 342. The quantitative estimate of drug-likeness (QED) is 0.786. The summed E-state index contributed by atoms with van der Waals surface area (Å²) in [5, 5.41) is 3.02. The van der Waals surface area contributed by atoms with Gasteiger partial charge in [-0.3, -0.25) is 0 Å². The van der Waals surface area contributed by atoms with Crippen LogP contribution in [0.3, 0.4) is 0 Å². The van der Waals surface area contributed by atoms with Crippen molar-refractivity contribution in [1.82, 2.24) is 4.98 Å². The first-order valence-corrected chi connectivity index (χ1v) is 5.35. The predicted octanol–water partition coefficient (Wildman–Crippen LogP) is 2.98. The number of anilines is 1. The molecule has 0 aromatic carbocycles. The maximum atomic E-state index is 11.9. The van der Waals surface area contributed by atoms with Crippen LogP contribution in [-0.2, 0) is 11.3 Å². The van der Waals surface area contributed by atoms with Gasteiger partial charge < -0.3 is 10.1 Å². The number of aromatic nitrogens is 1. The zero-order valence-electron chi connectivity index (χ0n) is 9.55. The van der Waals surface area contributed by atoms with Crippen molar-refractivity contribution in [3.63, 3.8) is 0 Å². The maximum Gasteiger partial charge on any atom is 0.391 e. The van der Waals surface area contributed by atoms with Gasteiger partial charge in [0.1, 0.15) is 5.82 Å². The van der Waals surface area contributed by atoms with E-state index in [0.717, 1.165) is 5.56 Å². The summed E-state index contributed by atoms with van der Waals surface area (Å²) in [6.45, 7) is 2.42. The lowest BCUT2D eigenvalue weighted by Gasteiger charge is -2.10. The maximum absolute atomic E-state index is 11.9. The number of rotatable bonds is 6. The van der Waals surface area contributed by atoms with Crippen molar-refractivity contribution >= 4 is 5.82 Å². The Morgan fingerprint density at radius 1 is 1.41 bits per heavy atom. The number of nitrogens with one attached hydrogen (secondary N) is 1. The number of halogens is 3. The van der Waals surface area contributed by atoms with E-state index in [0.29, 0.717) is 12.4 Å². The summed E-state index contributed by atoms with van der Waals surface area (Å²) in [6.07, 6.45) is -3.47. The summed E-state index contributed by atoms with van der Waals surface area (Å²) in [4.78, 5) is 4.08. The Morgan fingerprint density at radius 3 is 2.82 bits per heavy atom. The molecule has 3 nitrogen and oxygen atoms in total. The Kier molecular flexibility index (Phi) is 5.21. The minimum atomic E-state index is -4.17. The second-order valence-electron chi connectivity index (χ2n) is 3.46. The molecule has 0 aliphatic carbocycles. The van der Waals surface area contributed by atoms with Gasteiger partial charge in [-0.15, -0.1) is 0 Å². The molecule has 0 bridgehead atoms. The van der Waals surface area contributed by atoms with Crippen molar-refractivity contribution in [1.29, 1.82) is 0 Å². The molecule has 0 aliphatic heterocycles. The number of pyridine rings is 1. The van der Waals surface area contributed by atoms with Gasteiger partial charge in [-0.05, 0) is 13.0 Å². The van der Waals surface area contributed by atoms with Crippen LogP contribution in [0.15, 0.2) is 18.3 Å². The molecule has 0 spiro atoms. The second kappa shape index (κ2) is 6.44. The number of nitrogens with zero attached hydrogens (tertiary/aromatic N) is 1. The third-order valence-electron chi connectivity index (χ3n) is 2.02. The minimum Gasteiger partial charge on any atom is -0.376 e. The molecule has 0 saturated heterocycles. The molecular formula is C11H15F3N2O. The first kappa shape index (κ1) is 13.8. The minimum absolute atomic E-state index is 0.131. The lowest BCUT2D eigenvalue weighted by Crippen LogP contribution is -2.12. The molecule has 0 amide bonds. The van der Waals surface area contributed by atoms with E-state index in [1.54, 1.807) is 18.3 Å². The summed E-state index contributed by atoms with van der Waals surface area (Å²) in [5.74, 6) is 0.655. The van der Waals surface area contributed by atoms with Gasteiger partial charge in [0, 0.05) is 18.3 Å². The molecule has 1 N–H and O–H groups in total. The van der Waals surface area contributed by atoms with Crippen LogP contribution in [0.4, 0.5) is 19.0 Å². The highest BCUT2D eigenvalue weighted by molar-refractivity contribution is 5.42. The van der Waals surface area contributed by atoms with Gasteiger partial charge in [-0.2, -0.15) is 13.2 Å². The van der Waals surface area contributed by atoms with Gasteiger partial charge in [0.2, 0.25) is 0 Å². The fraction of sp³-hybridized carbons (Fsp3) is 0.545. The van der Waals surface area contributed by atoms with E-state index < -0.39 is 12.6 Å². The van der Waals surface area contributed by atoms with E-state index in [2.05, 4.69) is 10.3 Å². The van der Waals surface area contributed by atoms with E-state index in [9.17, 15) is 13.2 Å². The zero-order valence-corrected chi connectivity index (χ0v) is 9.55. The number of hydrogen-bond donors (Lipinski definition) is 1. The fourth-order valence-corrected chi connectivity index (χ4v) is 1.25. The van der Waals surface area contributed by atoms with Crippen LogP contribution in [0.5, 0.6) is 0 Å². The molecule has 0 fully saturated rings. The smallest absolute Gasteiger partial charge is 0.376 e. The largest absolute Gasteiger partial charge is 0.391 e. The standard InChI is InChI=1S/C11H15F3N2O/c1-2-15-10-9(4-3-6-16-10)8-17-7-5-11(12,13)14/h3-4,6H,2,5,7-8H2,1H3,(H,15,16). The first-order chi connectivity index (χ1) is 8.03. The fourth-order valence-electron chi connectivity index (χ4n) is 1.25. The Hall–Kier alpha value is -1.30. The molecule has 0 radical (unpaired) electrons. The van der Waals surface area contributed by atoms with Gasteiger partial charge >= 0.3 is 6.18 Å². The molecule has 1 rings (SSSR count). The topological polar surface area (TPSA) is 34.2 Å². The molecule has 1 aromatic rings. The molecule has 0 atom stereocenters. The summed E-state index contributed by atoms with van der Waals surface area (Å²) in [6, 6.07) is 3.50. The SMILES string of the molecule is CCNc1ncccc1COCCC(F)(F)F. The van der Waals surface area contributed by atoms with Crippen molar-refractivity contribution in [2.45, 2.75) is 26.1 Å². The number of hydrogen-bond acceptors (Lipinski definition) is 3. The van der Waals surface area contributed by atoms with E-state index >= 15 is 0 Å². The third-order valence-corrected chi connectivity index (χ3v) is 2.02. The summed E-state index contributed by atoms with van der Waals surface area (Å²) in [5.41, 5.74) is 0.761. The third kappa shape index (κ3) is 5.53. The summed E-state index contributed by atoms with van der Waals surface area (Å²) >= 11 is 0. The van der Waals surface area contributed by atoms with Crippen LogP contribution in [0.25, 0.3) is 0 Å². The lowest BCUT2D eigenvalue weighted by atomic mass is 10.2. The average Bonchev–Trinajstić information content (AvgIpc) is 2.25. The van der Waals surface area contributed by atoms with Crippen LogP contribution in [0.1, 0.15) is 18.9 Å². The Labute approximate surface area is 98.0 Å². The van der Waals surface area contributed by atoms with Crippen molar-refractivity contribution < 1.29 is 17.9 Å². The highest BCUT2D eigenvalue weighted by atomic mass is 19.4. The summed E-state index contributed by atoms with van der Waals surface area (Å²) in [7, 11) is 0. The first-order valence-electron chi connectivity index (χ1n) is 5.35. The van der Waals surface area contributed by atoms with Gasteiger partial charge in [0.15, 0.2) is 0 Å². The second-order valence-corrected chi connectivity index (χ2v) is 3.46. The summed E-state index contributed by atoms with van der Waals surface area (Å²) < 4.78 is 40.6. The van der Waals surface area contributed by atoms with Crippen LogP contribution >= 0.6 is 0 Å². The van der Waals surface area contributed by atoms with E-state index in [4.69, 9.17) is 4.74 Å². The van der Waals surface area contributed by atoms with Crippen LogP contribution in [0, 0.1) is 0 Å². The molecule has 0 unspecified atom stereocenters. The van der Waals surface area contributed by atoms with Crippen LogP contribution in [0.2, 0.25) is 0 Å².